The van der Waals surface area contributed by atoms with Crippen LogP contribution in [0.25, 0.3) is 0 Å². The summed E-state index contributed by atoms with van der Waals surface area (Å²) in [5.74, 6) is 0.325. The molecule has 16 heavy (non-hydrogen) atoms. The molecule has 4 nitrogen and oxygen atoms in total. The summed E-state index contributed by atoms with van der Waals surface area (Å²) in [6, 6.07) is 1.91. The average Bonchev–Trinajstić information content (AvgIpc) is 2.64. The molecule has 1 amide bonds. The Morgan fingerprint density at radius 1 is 1.62 bits per heavy atom. The summed E-state index contributed by atoms with van der Waals surface area (Å²) in [6.07, 6.45) is 2.69. The Labute approximate surface area is 105 Å². The molecule has 1 atom stereocenters. The van der Waals surface area contributed by atoms with Gasteiger partial charge in [-0.1, -0.05) is 29.8 Å². The summed E-state index contributed by atoms with van der Waals surface area (Å²) in [7, 11) is 1.80. The van der Waals surface area contributed by atoms with Gasteiger partial charge in [0.25, 0.3) is 5.91 Å². The van der Waals surface area contributed by atoms with Crippen molar-refractivity contribution < 1.29 is 4.79 Å². The number of alkyl halides is 1. The average molecular weight is 288 g/mol. The highest BCUT2D eigenvalue weighted by Crippen LogP contribution is 2.08. The van der Waals surface area contributed by atoms with Crippen LogP contribution < -0.4 is 5.32 Å². The number of rotatable bonds is 5. The molecule has 1 N–H and O–H groups in total. The predicted octanol–water partition coefficient (Wildman–Crippen LogP) is 1.96. The molecule has 90 valence electrons. The van der Waals surface area contributed by atoms with Crippen LogP contribution in [0.1, 0.15) is 30.8 Å². The topological polar surface area (TPSA) is 46.9 Å². The first kappa shape index (κ1) is 13.2. The number of halogens is 1. The quantitative estimate of drug-likeness (QED) is 0.842. The number of carbonyl (C=O) groups is 1. The highest BCUT2D eigenvalue weighted by molar-refractivity contribution is 9.09. The van der Waals surface area contributed by atoms with Gasteiger partial charge in [-0.15, -0.1) is 0 Å². The molecule has 0 fully saturated rings. The van der Waals surface area contributed by atoms with Gasteiger partial charge in [-0.2, -0.15) is 5.10 Å². The first-order chi connectivity index (χ1) is 7.54. The van der Waals surface area contributed by atoms with Crippen molar-refractivity contribution in [2.75, 3.05) is 5.33 Å². The Morgan fingerprint density at radius 3 is 2.75 bits per heavy atom. The number of hydrogen-bond donors (Lipinski definition) is 1. The summed E-state index contributed by atoms with van der Waals surface area (Å²) in [5.41, 5.74) is 0.475. The van der Waals surface area contributed by atoms with E-state index < -0.39 is 0 Å². The lowest BCUT2D eigenvalue weighted by molar-refractivity contribution is 0.0919. The lowest BCUT2D eigenvalue weighted by Gasteiger charge is -2.20. The fraction of sp³-hybridized carbons (Fsp3) is 0.636. The number of aryl methyl sites for hydroxylation is 1. The fourth-order valence-corrected chi connectivity index (χ4v) is 1.96. The standard InChI is InChI=1S/C11H18BrN3O/c1-8(2)9(4-6-12)13-11(16)10-5-7-15(3)14-10/h5,7-9H,4,6H2,1-3H3,(H,13,16). The number of nitrogens with one attached hydrogen (secondary N) is 1. The maximum atomic E-state index is 11.8. The summed E-state index contributed by atoms with van der Waals surface area (Å²) in [5, 5.41) is 7.97. The van der Waals surface area contributed by atoms with E-state index in [0.717, 1.165) is 11.8 Å². The van der Waals surface area contributed by atoms with E-state index in [1.165, 1.54) is 0 Å². The molecule has 0 bridgehead atoms. The lowest BCUT2D eigenvalue weighted by Crippen LogP contribution is -2.39. The molecule has 1 rings (SSSR count). The molecule has 1 aromatic rings. The SMILES string of the molecule is CC(C)C(CCBr)NC(=O)c1ccn(C)n1. The minimum Gasteiger partial charge on any atom is -0.348 e. The van der Waals surface area contributed by atoms with E-state index in [1.807, 2.05) is 0 Å². The van der Waals surface area contributed by atoms with Crippen LogP contribution in [0.4, 0.5) is 0 Å². The third-order valence-corrected chi connectivity index (χ3v) is 2.95. The largest absolute Gasteiger partial charge is 0.348 e. The van der Waals surface area contributed by atoms with Gasteiger partial charge in [0.2, 0.25) is 0 Å². The number of nitrogens with zero attached hydrogens (tertiary/aromatic N) is 2. The fourth-order valence-electron chi connectivity index (χ4n) is 1.47. The van der Waals surface area contributed by atoms with Crippen LogP contribution in [0.5, 0.6) is 0 Å². The van der Waals surface area contributed by atoms with Crippen molar-refractivity contribution in [3.8, 4) is 0 Å². The van der Waals surface area contributed by atoms with Gasteiger partial charge in [0.15, 0.2) is 0 Å². The summed E-state index contributed by atoms with van der Waals surface area (Å²) < 4.78 is 1.63. The highest BCUT2D eigenvalue weighted by atomic mass is 79.9. The molecular formula is C11H18BrN3O. The molecule has 0 saturated heterocycles. The van der Waals surface area contributed by atoms with Crippen LogP contribution in [0.15, 0.2) is 12.3 Å². The van der Waals surface area contributed by atoms with Crippen LogP contribution >= 0.6 is 15.9 Å². The summed E-state index contributed by atoms with van der Waals surface area (Å²) >= 11 is 3.40. The van der Waals surface area contributed by atoms with E-state index in [9.17, 15) is 4.79 Å². The zero-order valence-electron chi connectivity index (χ0n) is 9.90. The van der Waals surface area contributed by atoms with Gasteiger partial charge in [0.1, 0.15) is 5.69 Å². The second-order valence-corrected chi connectivity index (χ2v) is 4.97. The van der Waals surface area contributed by atoms with Crippen LogP contribution in [-0.2, 0) is 7.05 Å². The Bertz CT molecular complexity index is 349. The van der Waals surface area contributed by atoms with Gasteiger partial charge >= 0.3 is 0 Å². The maximum Gasteiger partial charge on any atom is 0.272 e. The summed E-state index contributed by atoms with van der Waals surface area (Å²) in [6.45, 7) is 4.21. The Kier molecular flexibility index (Phi) is 4.99. The van der Waals surface area contributed by atoms with Crippen LogP contribution in [0.3, 0.4) is 0 Å². The van der Waals surface area contributed by atoms with Crippen molar-refractivity contribution in [3.63, 3.8) is 0 Å². The van der Waals surface area contributed by atoms with Crippen molar-refractivity contribution in [3.05, 3.63) is 18.0 Å². The zero-order chi connectivity index (χ0) is 12.1. The number of aromatic nitrogens is 2. The van der Waals surface area contributed by atoms with Gasteiger partial charge in [-0.25, -0.2) is 0 Å². The second kappa shape index (κ2) is 6.03. The zero-order valence-corrected chi connectivity index (χ0v) is 11.5. The second-order valence-electron chi connectivity index (χ2n) is 4.18. The molecular weight excluding hydrogens is 270 g/mol. The monoisotopic (exact) mass is 287 g/mol. The van der Waals surface area contributed by atoms with Gasteiger partial charge in [-0.05, 0) is 18.4 Å². The molecule has 1 unspecified atom stereocenters. The van der Waals surface area contributed by atoms with E-state index in [0.29, 0.717) is 11.6 Å². The smallest absolute Gasteiger partial charge is 0.272 e. The first-order valence-corrected chi connectivity index (χ1v) is 6.53. The number of carbonyl (C=O) groups excluding carboxylic acids is 1. The number of amides is 1. The number of hydrogen-bond acceptors (Lipinski definition) is 2. The normalized spacial score (nSPS) is 12.8. The molecule has 0 aromatic carbocycles. The Hall–Kier alpha value is -0.840. The van der Waals surface area contributed by atoms with Crippen molar-refractivity contribution in [1.82, 2.24) is 15.1 Å². The van der Waals surface area contributed by atoms with E-state index in [2.05, 4.69) is 40.2 Å². The molecule has 1 heterocycles. The molecule has 0 aliphatic carbocycles. The van der Waals surface area contributed by atoms with Crippen LogP contribution in [0.2, 0.25) is 0 Å². The maximum absolute atomic E-state index is 11.8. The minimum absolute atomic E-state index is 0.0970. The third-order valence-electron chi connectivity index (χ3n) is 2.49. The summed E-state index contributed by atoms with van der Waals surface area (Å²) in [4.78, 5) is 11.8. The lowest BCUT2D eigenvalue weighted by atomic mass is 10.0. The van der Waals surface area contributed by atoms with E-state index in [1.54, 1.807) is 24.0 Å². The predicted molar refractivity (Wildman–Crippen MR) is 67.7 cm³/mol. The van der Waals surface area contributed by atoms with Gasteiger partial charge in [0.05, 0.1) is 0 Å². The van der Waals surface area contributed by atoms with Gasteiger partial charge in [0, 0.05) is 24.6 Å². The minimum atomic E-state index is -0.0970. The highest BCUT2D eigenvalue weighted by Gasteiger charge is 2.17. The van der Waals surface area contributed by atoms with Crippen LogP contribution in [-0.4, -0.2) is 27.1 Å². The molecule has 0 aliphatic rings. The van der Waals surface area contributed by atoms with E-state index >= 15 is 0 Å². The molecule has 0 aliphatic heterocycles. The van der Waals surface area contributed by atoms with E-state index in [4.69, 9.17) is 0 Å². The van der Waals surface area contributed by atoms with Crippen LogP contribution in [0, 0.1) is 5.92 Å². The van der Waals surface area contributed by atoms with Crippen molar-refractivity contribution in [1.29, 1.82) is 0 Å². The molecule has 0 saturated carbocycles. The van der Waals surface area contributed by atoms with Gasteiger partial charge < -0.3 is 5.32 Å². The molecule has 5 heteroatoms. The molecule has 0 radical (unpaired) electrons. The van der Waals surface area contributed by atoms with Crippen molar-refractivity contribution >= 4 is 21.8 Å². The third kappa shape index (κ3) is 3.63. The Morgan fingerprint density at radius 2 is 2.31 bits per heavy atom. The molecule has 0 spiro atoms. The van der Waals surface area contributed by atoms with E-state index in [-0.39, 0.29) is 11.9 Å². The van der Waals surface area contributed by atoms with Gasteiger partial charge in [-0.3, -0.25) is 9.48 Å². The Balaban J connectivity index is 2.61. The first-order valence-electron chi connectivity index (χ1n) is 5.41. The molecule has 1 aromatic heterocycles. The van der Waals surface area contributed by atoms with Crippen molar-refractivity contribution in [2.24, 2.45) is 13.0 Å². The van der Waals surface area contributed by atoms with Crippen molar-refractivity contribution in [2.45, 2.75) is 26.3 Å².